The molecule has 47 heavy (non-hydrogen) atoms. The number of methoxy groups -OCH3 is 1. The second-order valence-electron chi connectivity index (χ2n) is 12.7. The summed E-state index contributed by atoms with van der Waals surface area (Å²) in [4.78, 5) is 82.5. The van der Waals surface area contributed by atoms with Crippen LogP contribution < -0.4 is 14.5 Å². The molecule has 3 aromatic carbocycles. The number of carbonyl (C=O) groups is 6. The Morgan fingerprint density at radius 3 is 1.77 bits per heavy atom. The van der Waals surface area contributed by atoms with Gasteiger partial charge in [0.05, 0.1) is 42.2 Å². The van der Waals surface area contributed by atoms with Crippen LogP contribution in [0.3, 0.4) is 0 Å². The Hall–Kier alpha value is -5.38. The molecule has 0 aromatic heterocycles. The van der Waals surface area contributed by atoms with E-state index in [2.05, 4.69) is 0 Å². The number of phenolic OH excluding ortho intramolecular Hbond substituents is 1. The van der Waals surface area contributed by atoms with Crippen LogP contribution >= 0.6 is 0 Å². The molecular weight excluding hydrogens is 600 g/mol. The molecule has 0 radical (unpaired) electrons. The lowest BCUT2D eigenvalue weighted by atomic mass is 9.57. The molecular formula is C37H32N2O8. The van der Waals surface area contributed by atoms with Crippen molar-refractivity contribution in [2.24, 2.45) is 29.6 Å². The molecule has 6 atom stereocenters. The molecule has 3 fully saturated rings. The molecule has 2 aliphatic carbocycles. The lowest BCUT2D eigenvalue weighted by Crippen LogP contribution is -2.43. The van der Waals surface area contributed by atoms with E-state index in [9.17, 15) is 33.9 Å². The molecule has 2 aliphatic heterocycles. The Morgan fingerprint density at radius 1 is 0.702 bits per heavy atom. The van der Waals surface area contributed by atoms with Crippen LogP contribution in [-0.2, 0) is 19.2 Å². The van der Waals surface area contributed by atoms with Gasteiger partial charge in [-0.15, -0.1) is 0 Å². The molecule has 2 heterocycles. The minimum atomic E-state index is -0.800. The summed E-state index contributed by atoms with van der Waals surface area (Å²) in [7, 11) is 1.42. The average molecular weight is 633 g/mol. The highest BCUT2D eigenvalue weighted by Gasteiger charge is 2.62. The van der Waals surface area contributed by atoms with Crippen molar-refractivity contribution in [3.05, 3.63) is 95.1 Å². The zero-order valence-corrected chi connectivity index (χ0v) is 26.0. The summed E-state index contributed by atoms with van der Waals surface area (Å²) >= 11 is 0. The predicted molar refractivity (Wildman–Crippen MR) is 170 cm³/mol. The number of phenols is 1. The van der Waals surface area contributed by atoms with Crippen molar-refractivity contribution in [2.75, 3.05) is 16.9 Å². The average Bonchev–Trinajstić information content (AvgIpc) is 3.47. The molecule has 10 heteroatoms. The maximum atomic E-state index is 14.3. The summed E-state index contributed by atoms with van der Waals surface area (Å²) in [5.74, 6) is -5.76. The van der Waals surface area contributed by atoms with Crippen LogP contribution in [0.5, 0.6) is 11.5 Å². The van der Waals surface area contributed by atoms with Gasteiger partial charge in [0.2, 0.25) is 23.6 Å². The fourth-order valence-electron chi connectivity index (χ4n) is 8.05. The van der Waals surface area contributed by atoms with Gasteiger partial charge in [-0.05, 0) is 98.8 Å². The van der Waals surface area contributed by atoms with Gasteiger partial charge in [-0.3, -0.25) is 38.6 Å². The molecule has 4 aliphatic rings. The van der Waals surface area contributed by atoms with Gasteiger partial charge < -0.3 is 9.84 Å². The Bertz CT molecular complexity index is 1910. The molecule has 1 saturated carbocycles. The first-order chi connectivity index (χ1) is 22.5. The van der Waals surface area contributed by atoms with E-state index in [1.807, 2.05) is 6.08 Å². The Balaban J connectivity index is 1.31. The molecule has 6 unspecified atom stereocenters. The van der Waals surface area contributed by atoms with Crippen molar-refractivity contribution >= 4 is 46.6 Å². The number of allylic oxidation sites excluding steroid dienone is 2. The van der Waals surface area contributed by atoms with E-state index < -0.39 is 47.3 Å². The van der Waals surface area contributed by atoms with Gasteiger partial charge in [0.15, 0.2) is 23.1 Å². The number of fused-ring (bicyclic) bond motifs is 4. The number of anilines is 2. The minimum Gasteiger partial charge on any atom is -0.504 e. The molecule has 3 aromatic rings. The van der Waals surface area contributed by atoms with E-state index in [0.29, 0.717) is 28.1 Å². The first kappa shape index (κ1) is 30.3. The number of ketones is 2. The fraction of sp³-hybridized carbons (Fsp3) is 0.297. The van der Waals surface area contributed by atoms with Gasteiger partial charge >= 0.3 is 0 Å². The van der Waals surface area contributed by atoms with Gasteiger partial charge in [-0.2, -0.15) is 0 Å². The van der Waals surface area contributed by atoms with Crippen LogP contribution in [0.25, 0.3) is 0 Å². The number of ether oxygens (including phenoxy) is 1. The van der Waals surface area contributed by atoms with E-state index in [4.69, 9.17) is 4.74 Å². The van der Waals surface area contributed by atoms with Crippen LogP contribution in [0.1, 0.15) is 58.9 Å². The van der Waals surface area contributed by atoms with E-state index in [-0.39, 0.29) is 47.7 Å². The van der Waals surface area contributed by atoms with Gasteiger partial charge in [0.1, 0.15) is 0 Å². The maximum absolute atomic E-state index is 14.3. The van der Waals surface area contributed by atoms with Gasteiger partial charge in [0, 0.05) is 17.0 Å². The van der Waals surface area contributed by atoms with Crippen LogP contribution in [-0.4, -0.2) is 47.4 Å². The SMILES string of the molecule is COc1cc(C2C3=CCC4C(=O)N(c5ccc(C(C)=O)cc5)C(=O)C4C3CC3C(=O)N(c4ccc(C(C)=O)cc4)C(=O)C32)ccc1O. The Morgan fingerprint density at radius 2 is 1.23 bits per heavy atom. The fourth-order valence-corrected chi connectivity index (χ4v) is 8.05. The number of hydrogen-bond donors (Lipinski definition) is 1. The highest BCUT2D eigenvalue weighted by atomic mass is 16.5. The van der Waals surface area contributed by atoms with Crippen molar-refractivity contribution in [2.45, 2.75) is 32.6 Å². The first-order valence-electron chi connectivity index (χ1n) is 15.6. The normalized spacial score (nSPS) is 26.5. The summed E-state index contributed by atoms with van der Waals surface area (Å²) in [6.07, 6.45) is 2.43. The quantitative estimate of drug-likeness (QED) is 0.231. The third-order valence-corrected chi connectivity index (χ3v) is 10.3. The molecule has 2 saturated heterocycles. The smallest absolute Gasteiger partial charge is 0.238 e. The molecule has 0 bridgehead atoms. The van der Waals surface area contributed by atoms with Crippen LogP contribution in [0.15, 0.2) is 78.4 Å². The number of rotatable bonds is 6. The molecule has 7 rings (SSSR count). The molecule has 238 valence electrons. The van der Waals surface area contributed by atoms with Gasteiger partial charge in [-0.1, -0.05) is 17.7 Å². The van der Waals surface area contributed by atoms with Gasteiger partial charge in [-0.25, -0.2) is 0 Å². The van der Waals surface area contributed by atoms with Crippen molar-refractivity contribution in [3.63, 3.8) is 0 Å². The molecule has 10 nitrogen and oxygen atoms in total. The zero-order chi connectivity index (χ0) is 33.3. The monoisotopic (exact) mass is 632 g/mol. The number of Topliss-reactive ketones (excluding diaryl/α,β-unsaturated/α-hetero) is 2. The van der Waals surface area contributed by atoms with Crippen LogP contribution in [0.2, 0.25) is 0 Å². The van der Waals surface area contributed by atoms with E-state index in [1.54, 1.807) is 60.7 Å². The zero-order valence-electron chi connectivity index (χ0n) is 26.0. The second kappa shape index (κ2) is 11.2. The number of carbonyl (C=O) groups excluding carboxylic acids is 6. The maximum Gasteiger partial charge on any atom is 0.238 e. The first-order valence-corrected chi connectivity index (χ1v) is 15.6. The lowest BCUT2D eigenvalue weighted by Gasteiger charge is -2.44. The van der Waals surface area contributed by atoms with E-state index in [0.717, 1.165) is 5.57 Å². The van der Waals surface area contributed by atoms with E-state index >= 15 is 0 Å². The number of hydrogen-bond acceptors (Lipinski definition) is 8. The topological polar surface area (TPSA) is 138 Å². The van der Waals surface area contributed by atoms with E-state index in [1.165, 1.54) is 36.8 Å². The standard InChI is InChI=1S/C37H32N2O8/c1-18(40)20-4-9-23(10-5-20)38-34(43)26-14-13-25-27(32(26)36(38)45)17-28-33(31(25)22-8-15-29(42)30(16-22)47-3)37(46)39(35(28)44)24-11-6-21(7-12-24)19(2)41/h4-13,15-16,26-28,31-33,42H,14,17H2,1-3H3. The molecule has 1 N–H and O–H groups in total. The summed E-state index contributed by atoms with van der Waals surface area (Å²) in [5.41, 5.74) is 3.10. The third-order valence-electron chi connectivity index (χ3n) is 10.3. The van der Waals surface area contributed by atoms with Crippen molar-refractivity contribution in [3.8, 4) is 11.5 Å². The second-order valence-corrected chi connectivity index (χ2v) is 12.7. The number of nitrogens with zero attached hydrogens (tertiary/aromatic N) is 2. The highest BCUT2D eigenvalue weighted by molar-refractivity contribution is 6.24. The summed E-state index contributed by atoms with van der Waals surface area (Å²) in [6, 6.07) is 17.5. The van der Waals surface area contributed by atoms with Crippen molar-refractivity contribution in [1.29, 1.82) is 0 Å². The minimum absolute atomic E-state index is 0.0816. The Labute approximate surface area is 270 Å². The summed E-state index contributed by atoms with van der Waals surface area (Å²) < 4.78 is 5.39. The lowest BCUT2D eigenvalue weighted by molar-refractivity contribution is -0.126. The van der Waals surface area contributed by atoms with Crippen LogP contribution in [0, 0.1) is 29.6 Å². The Kier molecular flexibility index (Phi) is 7.18. The van der Waals surface area contributed by atoms with Crippen molar-refractivity contribution in [1.82, 2.24) is 0 Å². The molecule has 0 spiro atoms. The van der Waals surface area contributed by atoms with Crippen molar-refractivity contribution < 1.29 is 38.6 Å². The third kappa shape index (κ3) is 4.61. The molecule has 4 amide bonds. The number of aromatic hydroxyl groups is 1. The number of amides is 4. The number of imide groups is 2. The summed E-state index contributed by atoms with van der Waals surface area (Å²) in [5, 5.41) is 10.4. The summed E-state index contributed by atoms with van der Waals surface area (Å²) in [6.45, 7) is 2.88. The largest absolute Gasteiger partial charge is 0.504 e. The predicted octanol–water partition coefficient (Wildman–Crippen LogP) is 4.85. The highest BCUT2D eigenvalue weighted by Crippen LogP contribution is 2.58. The van der Waals surface area contributed by atoms with Gasteiger partial charge in [0.25, 0.3) is 0 Å². The number of benzene rings is 3. The van der Waals surface area contributed by atoms with Crippen LogP contribution in [0.4, 0.5) is 11.4 Å².